The predicted molar refractivity (Wildman–Crippen MR) is 102 cm³/mol. The minimum atomic E-state index is -3.22. The summed E-state index contributed by atoms with van der Waals surface area (Å²) in [4.78, 5) is 27.5. The van der Waals surface area contributed by atoms with E-state index in [0.717, 1.165) is 19.2 Å². The summed E-state index contributed by atoms with van der Waals surface area (Å²) in [5, 5.41) is 13.9. The quantitative estimate of drug-likeness (QED) is 0.433. The molecule has 9 nitrogen and oxygen atoms in total. The third-order valence-corrected chi connectivity index (χ3v) is 4.10. The van der Waals surface area contributed by atoms with Crippen LogP contribution in [-0.2, 0) is 0 Å². The van der Waals surface area contributed by atoms with Crippen LogP contribution in [0.15, 0.2) is 34.7 Å². The Hall–Kier alpha value is -3.76. The summed E-state index contributed by atoms with van der Waals surface area (Å²) in [7, 11) is 1.16. The van der Waals surface area contributed by atoms with E-state index in [2.05, 4.69) is 15.0 Å². The lowest BCUT2D eigenvalue weighted by atomic mass is 10.1. The molecule has 2 aromatic carbocycles. The molecule has 0 spiro atoms. The first kappa shape index (κ1) is 21.0. The zero-order valence-electron chi connectivity index (χ0n) is 16.1. The van der Waals surface area contributed by atoms with Gasteiger partial charge in [-0.3, -0.25) is 14.9 Å². The highest BCUT2D eigenvalue weighted by Gasteiger charge is 2.26. The molecule has 11 heteroatoms. The molecule has 0 unspecified atom stereocenters. The molecule has 3 aromatic rings. The number of nitro benzene ring substituents is 1. The van der Waals surface area contributed by atoms with Crippen LogP contribution in [0.4, 0.5) is 20.2 Å². The normalized spacial score (nSPS) is 11.2. The fourth-order valence-electron chi connectivity index (χ4n) is 2.70. The van der Waals surface area contributed by atoms with Crippen molar-refractivity contribution in [2.75, 3.05) is 12.4 Å². The molecule has 1 heterocycles. The minimum Gasteiger partial charge on any atom is -0.493 e. The van der Waals surface area contributed by atoms with Crippen molar-refractivity contribution >= 4 is 28.4 Å². The van der Waals surface area contributed by atoms with E-state index in [1.165, 1.54) is 0 Å². The van der Waals surface area contributed by atoms with Crippen LogP contribution in [-0.4, -0.2) is 29.5 Å². The van der Waals surface area contributed by atoms with E-state index in [-0.39, 0.29) is 17.2 Å². The van der Waals surface area contributed by atoms with Gasteiger partial charge in [-0.15, -0.1) is 0 Å². The first-order chi connectivity index (χ1) is 14.2. The van der Waals surface area contributed by atoms with Crippen molar-refractivity contribution in [3.8, 4) is 11.5 Å². The van der Waals surface area contributed by atoms with Crippen molar-refractivity contribution in [1.82, 2.24) is 4.98 Å². The number of oxazole rings is 1. The van der Waals surface area contributed by atoms with Crippen LogP contribution in [0.1, 0.15) is 36.0 Å². The second kappa shape index (κ2) is 8.31. The van der Waals surface area contributed by atoms with Crippen molar-refractivity contribution in [3.63, 3.8) is 0 Å². The largest absolute Gasteiger partial charge is 0.493 e. The van der Waals surface area contributed by atoms with Gasteiger partial charge in [-0.1, -0.05) is 13.8 Å². The minimum absolute atomic E-state index is 0.0690. The van der Waals surface area contributed by atoms with Crippen LogP contribution < -0.4 is 14.8 Å². The van der Waals surface area contributed by atoms with Crippen molar-refractivity contribution in [1.29, 1.82) is 0 Å². The number of ether oxygens (including phenoxy) is 2. The average molecular weight is 421 g/mol. The molecule has 0 aliphatic heterocycles. The van der Waals surface area contributed by atoms with Crippen molar-refractivity contribution in [2.45, 2.75) is 26.4 Å². The monoisotopic (exact) mass is 421 g/mol. The van der Waals surface area contributed by atoms with E-state index >= 15 is 0 Å². The van der Waals surface area contributed by atoms with Gasteiger partial charge in [0.05, 0.1) is 18.1 Å². The lowest BCUT2D eigenvalue weighted by molar-refractivity contribution is -0.385. The highest BCUT2D eigenvalue weighted by Crippen LogP contribution is 2.36. The number of nitrogens with zero attached hydrogens (tertiary/aromatic N) is 2. The third-order valence-electron chi connectivity index (χ3n) is 4.10. The Morgan fingerprint density at radius 1 is 1.23 bits per heavy atom. The van der Waals surface area contributed by atoms with Crippen LogP contribution in [0, 0.1) is 10.1 Å². The number of benzene rings is 2. The Kier molecular flexibility index (Phi) is 5.81. The number of fused-ring (bicyclic) bond motifs is 1. The SMILES string of the molecule is COc1cc(C(=O)Nc2ccc3oc(C(C)C)nc3c2)c([N+](=O)[O-])cc1OC(F)F. The number of carbonyl (C=O) groups is 1. The van der Waals surface area contributed by atoms with Gasteiger partial charge in [0.1, 0.15) is 11.1 Å². The number of alkyl halides is 2. The Morgan fingerprint density at radius 3 is 2.57 bits per heavy atom. The molecule has 0 atom stereocenters. The summed E-state index contributed by atoms with van der Waals surface area (Å²) < 4.78 is 39.9. The molecule has 30 heavy (non-hydrogen) atoms. The fourth-order valence-corrected chi connectivity index (χ4v) is 2.70. The number of nitro groups is 1. The Labute approximate surface area is 168 Å². The maximum atomic E-state index is 12.7. The van der Waals surface area contributed by atoms with Crippen molar-refractivity contribution in [2.24, 2.45) is 0 Å². The van der Waals surface area contributed by atoms with Gasteiger partial charge in [0.15, 0.2) is 23.0 Å². The molecule has 0 aliphatic carbocycles. The van der Waals surface area contributed by atoms with E-state index in [4.69, 9.17) is 9.15 Å². The number of hydrogen-bond acceptors (Lipinski definition) is 7. The van der Waals surface area contributed by atoms with Gasteiger partial charge >= 0.3 is 6.61 Å². The smallest absolute Gasteiger partial charge is 0.387 e. The van der Waals surface area contributed by atoms with Gasteiger partial charge in [0, 0.05) is 17.7 Å². The Morgan fingerprint density at radius 2 is 1.97 bits per heavy atom. The topological polar surface area (TPSA) is 117 Å². The number of amides is 1. The maximum absolute atomic E-state index is 12.7. The van der Waals surface area contributed by atoms with Crippen molar-refractivity contribution < 1.29 is 32.4 Å². The summed E-state index contributed by atoms with van der Waals surface area (Å²) in [5.74, 6) is -1.04. The van der Waals surface area contributed by atoms with E-state index in [1.807, 2.05) is 13.8 Å². The van der Waals surface area contributed by atoms with Crippen LogP contribution in [0.25, 0.3) is 11.1 Å². The molecule has 0 bridgehead atoms. The molecule has 0 radical (unpaired) electrons. The number of nitrogens with one attached hydrogen (secondary N) is 1. The fraction of sp³-hybridized carbons (Fsp3) is 0.263. The number of anilines is 1. The van der Waals surface area contributed by atoms with Crippen LogP contribution in [0.5, 0.6) is 11.5 Å². The third kappa shape index (κ3) is 4.29. The highest BCUT2D eigenvalue weighted by atomic mass is 19.3. The summed E-state index contributed by atoms with van der Waals surface area (Å²) >= 11 is 0. The predicted octanol–water partition coefficient (Wildman–Crippen LogP) is 4.72. The van der Waals surface area contributed by atoms with Gasteiger partial charge in [-0.25, -0.2) is 4.98 Å². The molecular weight excluding hydrogens is 404 g/mol. The Bertz CT molecular complexity index is 1110. The molecule has 0 aliphatic rings. The lowest BCUT2D eigenvalue weighted by Gasteiger charge is -2.12. The van der Waals surface area contributed by atoms with Gasteiger partial charge in [-0.05, 0) is 18.2 Å². The first-order valence-corrected chi connectivity index (χ1v) is 8.72. The summed E-state index contributed by atoms with van der Waals surface area (Å²) in [6.45, 7) is 0.617. The van der Waals surface area contributed by atoms with E-state index < -0.39 is 28.9 Å². The number of methoxy groups -OCH3 is 1. The van der Waals surface area contributed by atoms with Gasteiger partial charge in [0.2, 0.25) is 0 Å². The second-order valence-electron chi connectivity index (χ2n) is 6.50. The van der Waals surface area contributed by atoms with E-state index in [1.54, 1.807) is 18.2 Å². The van der Waals surface area contributed by atoms with Crippen molar-refractivity contribution in [3.05, 3.63) is 51.9 Å². The summed E-state index contributed by atoms with van der Waals surface area (Å²) in [6, 6.07) is 6.40. The zero-order valence-corrected chi connectivity index (χ0v) is 16.1. The van der Waals surface area contributed by atoms with E-state index in [0.29, 0.717) is 22.7 Å². The number of hydrogen-bond donors (Lipinski definition) is 1. The van der Waals surface area contributed by atoms with Crippen LogP contribution in [0.2, 0.25) is 0 Å². The molecule has 1 aromatic heterocycles. The van der Waals surface area contributed by atoms with E-state index in [9.17, 15) is 23.7 Å². The molecule has 0 saturated carbocycles. The molecular formula is C19H17F2N3O6. The number of rotatable bonds is 7. The van der Waals surface area contributed by atoms with Gasteiger partial charge in [0.25, 0.3) is 11.6 Å². The molecule has 3 rings (SSSR count). The summed E-state index contributed by atoms with van der Waals surface area (Å²) in [6.07, 6.45) is 0. The highest BCUT2D eigenvalue weighted by molar-refractivity contribution is 6.08. The maximum Gasteiger partial charge on any atom is 0.387 e. The van der Waals surface area contributed by atoms with Gasteiger partial charge < -0.3 is 19.2 Å². The van der Waals surface area contributed by atoms with Crippen LogP contribution >= 0.6 is 0 Å². The number of carbonyl (C=O) groups excluding carboxylic acids is 1. The number of aromatic nitrogens is 1. The average Bonchev–Trinajstić information content (AvgIpc) is 3.10. The van der Waals surface area contributed by atoms with Crippen LogP contribution in [0.3, 0.4) is 0 Å². The number of halogens is 2. The molecule has 0 fully saturated rings. The Balaban J connectivity index is 1.95. The lowest BCUT2D eigenvalue weighted by Crippen LogP contribution is -2.15. The van der Waals surface area contributed by atoms with Gasteiger partial charge in [-0.2, -0.15) is 8.78 Å². The second-order valence-corrected chi connectivity index (χ2v) is 6.50. The molecule has 1 amide bonds. The molecule has 0 saturated heterocycles. The zero-order chi connectivity index (χ0) is 22.0. The first-order valence-electron chi connectivity index (χ1n) is 8.72. The molecule has 158 valence electrons. The summed E-state index contributed by atoms with van der Waals surface area (Å²) in [5.41, 5.74) is 0.245. The standard InChI is InChI=1S/C19H17F2N3O6/c1-9(2)18-23-12-6-10(4-5-14(12)29-18)22-17(25)11-7-15(28-3)16(30-19(20)21)8-13(11)24(26)27/h4-9,19H,1-3H3,(H,22,25). The molecule has 1 N–H and O–H groups in total.